The van der Waals surface area contributed by atoms with Crippen molar-refractivity contribution in [3.05, 3.63) is 58.1 Å². The fourth-order valence-corrected chi connectivity index (χ4v) is 2.76. The Labute approximate surface area is 124 Å². The first-order chi connectivity index (χ1) is 9.63. The molecule has 1 N–H and O–H groups in total. The van der Waals surface area contributed by atoms with Gasteiger partial charge in [-0.25, -0.2) is 0 Å². The van der Waals surface area contributed by atoms with Gasteiger partial charge in [-0.15, -0.1) is 0 Å². The molecule has 3 heteroatoms. The molecule has 0 aromatic heterocycles. The number of benzene rings is 2. The van der Waals surface area contributed by atoms with Crippen LogP contribution in [0, 0.1) is 6.92 Å². The first-order valence-electron chi connectivity index (χ1n) is 6.91. The summed E-state index contributed by atoms with van der Waals surface area (Å²) in [5.74, 6) is 1.03. The lowest BCUT2D eigenvalue weighted by atomic mass is 10.1. The van der Waals surface area contributed by atoms with Gasteiger partial charge in [-0.2, -0.15) is 0 Å². The van der Waals surface area contributed by atoms with Crippen molar-refractivity contribution in [2.75, 3.05) is 5.32 Å². The van der Waals surface area contributed by atoms with Gasteiger partial charge < -0.3 is 10.1 Å². The number of fused-ring (bicyclic) bond motifs is 1. The van der Waals surface area contributed by atoms with E-state index in [0.29, 0.717) is 6.10 Å². The topological polar surface area (TPSA) is 21.3 Å². The summed E-state index contributed by atoms with van der Waals surface area (Å²) < 4.78 is 5.72. The van der Waals surface area contributed by atoms with Gasteiger partial charge in [0.1, 0.15) is 11.9 Å². The van der Waals surface area contributed by atoms with Crippen LogP contribution in [0.3, 0.4) is 0 Å². The number of hydrogen-bond donors (Lipinski definition) is 1. The van der Waals surface area contributed by atoms with Crippen molar-refractivity contribution in [1.29, 1.82) is 0 Å². The summed E-state index contributed by atoms with van der Waals surface area (Å²) in [5, 5.41) is 4.24. The highest BCUT2D eigenvalue weighted by molar-refractivity contribution is 6.31. The van der Waals surface area contributed by atoms with Crippen LogP contribution in [-0.2, 0) is 13.0 Å². The molecule has 3 rings (SSSR count). The smallest absolute Gasteiger partial charge is 0.123 e. The Morgan fingerprint density at radius 1 is 1.30 bits per heavy atom. The van der Waals surface area contributed by atoms with Crippen molar-refractivity contribution in [1.82, 2.24) is 0 Å². The highest BCUT2D eigenvalue weighted by Gasteiger charge is 2.18. The third-order valence-corrected chi connectivity index (χ3v) is 4.12. The Bertz CT molecular complexity index is 639. The molecular formula is C17H18ClNO. The van der Waals surface area contributed by atoms with E-state index in [2.05, 4.69) is 36.5 Å². The Hall–Kier alpha value is -1.67. The fourth-order valence-electron chi connectivity index (χ4n) is 2.58. The number of ether oxygens (including phenoxy) is 1. The van der Waals surface area contributed by atoms with Crippen molar-refractivity contribution in [2.45, 2.75) is 32.9 Å². The molecule has 0 spiro atoms. The summed E-state index contributed by atoms with van der Waals surface area (Å²) in [7, 11) is 0. The predicted molar refractivity (Wildman–Crippen MR) is 83.8 cm³/mol. The van der Waals surface area contributed by atoms with Gasteiger partial charge in [0.05, 0.1) is 0 Å². The molecule has 2 nitrogen and oxygen atoms in total. The maximum absolute atomic E-state index is 6.13. The van der Waals surface area contributed by atoms with E-state index in [1.165, 1.54) is 11.1 Å². The Morgan fingerprint density at radius 2 is 2.15 bits per heavy atom. The van der Waals surface area contributed by atoms with E-state index in [1.54, 1.807) is 0 Å². The molecular weight excluding hydrogens is 270 g/mol. The molecule has 20 heavy (non-hydrogen) atoms. The lowest BCUT2D eigenvalue weighted by Gasteiger charge is -2.11. The number of anilines is 1. The zero-order chi connectivity index (χ0) is 14.1. The maximum atomic E-state index is 6.13. The van der Waals surface area contributed by atoms with Crippen LogP contribution in [0.1, 0.15) is 23.6 Å². The van der Waals surface area contributed by atoms with Gasteiger partial charge in [-0.3, -0.25) is 0 Å². The van der Waals surface area contributed by atoms with Gasteiger partial charge in [0.2, 0.25) is 0 Å². The van der Waals surface area contributed by atoms with Gasteiger partial charge in [0.15, 0.2) is 0 Å². The van der Waals surface area contributed by atoms with Crippen molar-refractivity contribution >= 4 is 17.3 Å². The van der Waals surface area contributed by atoms with E-state index >= 15 is 0 Å². The number of rotatable bonds is 3. The Kier molecular flexibility index (Phi) is 3.58. The van der Waals surface area contributed by atoms with Crippen LogP contribution >= 0.6 is 11.6 Å². The van der Waals surface area contributed by atoms with Crippen LogP contribution in [0.15, 0.2) is 36.4 Å². The zero-order valence-electron chi connectivity index (χ0n) is 11.7. The first-order valence-corrected chi connectivity index (χ1v) is 7.29. The molecule has 0 unspecified atom stereocenters. The third kappa shape index (κ3) is 2.61. The Balaban J connectivity index is 1.73. The molecule has 104 valence electrons. The SMILES string of the molecule is Cc1c(Cl)cccc1NCc1ccc2c(c1)C[C@H](C)O2. The van der Waals surface area contributed by atoms with Crippen LogP contribution < -0.4 is 10.1 Å². The van der Waals surface area contributed by atoms with Crippen LogP contribution in [0.2, 0.25) is 5.02 Å². The second kappa shape index (κ2) is 5.37. The second-order valence-electron chi connectivity index (χ2n) is 5.34. The minimum atomic E-state index is 0.295. The van der Waals surface area contributed by atoms with E-state index < -0.39 is 0 Å². The quantitative estimate of drug-likeness (QED) is 0.892. The molecule has 1 atom stereocenters. The standard InChI is InChI=1S/C17H18ClNO/c1-11-8-14-9-13(6-7-17(14)20-11)10-19-16-5-3-4-15(18)12(16)2/h3-7,9,11,19H,8,10H2,1-2H3/t11-/m0/s1. The average Bonchev–Trinajstić information content (AvgIpc) is 2.79. The van der Waals surface area contributed by atoms with E-state index in [4.69, 9.17) is 16.3 Å². The van der Waals surface area contributed by atoms with Crippen molar-refractivity contribution in [3.8, 4) is 5.75 Å². The predicted octanol–water partition coefficient (Wildman–Crippen LogP) is 4.58. The molecule has 0 radical (unpaired) electrons. The van der Waals surface area contributed by atoms with Gasteiger partial charge in [-0.1, -0.05) is 29.8 Å². The number of nitrogens with one attached hydrogen (secondary N) is 1. The van der Waals surface area contributed by atoms with Crippen molar-refractivity contribution in [3.63, 3.8) is 0 Å². The summed E-state index contributed by atoms with van der Waals surface area (Å²) in [6, 6.07) is 12.3. The molecule has 0 saturated heterocycles. The number of halogens is 1. The third-order valence-electron chi connectivity index (χ3n) is 3.71. The molecule has 2 aromatic rings. The van der Waals surface area contributed by atoms with Crippen molar-refractivity contribution < 1.29 is 4.74 Å². The highest BCUT2D eigenvalue weighted by Crippen LogP contribution is 2.30. The monoisotopic (exact) mass is 287 g/mol. The van der Waals surface area contributed by atoms with Crippen molar-refractivity contribution in [2.24, 2.45) is 0 Å². The molecule has 1 aliphatic heterocycles. The van der Waals surface area contributed by atoms with Gasteiger partial charge in [0, 0.05) is 23.7 Å². The van der Waals surface area contributed by atoms with E-state index in [0.717, 1.165) is 35.0 Å². The Morgan fingerprint density at radius 3 is 3.00 bits per heavy atom. The second-order valence-corrected chi connectivity index (χ2v) is 5.75. The van der Waals surface area contributed by atoms with Crippen LogP contribution in [0.25, 0.3) is 0 Å². The molecule has 0 saturated carbocycles. The largest absolute Gasteiger partial charge is 0.490 e. The van der Waals surface area contributed by atoms with Gasteiger partial charge in [0.25, 0.3) is 0 Å². The molecule has 0 bridgehead atoms. The normalized spacial score (nSPS) is 16.6. The molecule has 1 heterocycles. The first kappa shape index (κ1) is 13.3. The van der Waals surface area contributed by atoms with Gasteiger partial charge >= 0.3 is 0 Å². The minimum Gasteiger partial charge on any atom is -0.490 e. The average molecular weight is 288 g/mol. The summed E-state index contributed by atoms with van der Waals surface area (Å²) in [4.78, 5) is 0. The molecule has 0 fully saturated rings. The zero-order valence-corrected chi connectivity index (χ0v) is 12.5. The number of hydrogen-bond acceptors (Lipinski definition) is 2. The van der Waals surface area contributed by atoms with Gasteiger partial charge in [-0.05, 0) is 48.7 Å². The maximum Gasteiger partial charge on any atom is 0.123 e. The molecule has 1 aliphatic rings. The lowest BCUT2D eigenvalue weighted by Crippen LogP contribution is -2.05. The van der Waals surface area contributed by atoms with E-state index in [9.17, 15) is 0 Å². The highest BCUT2D eigenvalue weighted by atomic mass is 35.5. The summed E-state index contributed by atoms with van der Waals surface area (Å²) in [6.45, 7) is 4.93. The van der Waals surface area contributed by atoms with E-state index in [-0.39, 0.29) is 0 Å². The summed E-state index contributed by atoms with van der Waals surface area (Å²) in [5.41, 5.74) is 4.75. The molecule has 2 aromatic carbocycles. The van der Waals surface area contributed by atoms with Crippen LogP contribution in [0.5, 0.6) is 5.75 Å². The summed E-state index contributed by atoms with van der Waals surface area (Å²) >= 11 is 6.13. The fraction of sp³-hybridized carbons (Fsp3) is 0.294. The molecule has 0 amide bonds. The van der Waals surface area contributed by atoms with E-state index in [1.807, 2.05) is 19.1 Å². The lowest BCUT2D eigenvalue weighted by molar-refractivity contribution is 0.254. The summed E-state index contributed by atoms with van der Waals surface area (Å²) in [6.07, 6.45) is 1.29. The van der Waals surface area contributed by atoms with Crippen LogP contribution in [0.4, 0.5) is 5.69 Å². The van der Waals surface area contributed by atoms with Crippen LogP contribution in [-0.4, -0.2) is 6.10 Å². The molecule has 0 aliphatic carbocycles. The minimum absolute atomic E-state index is 0.295.